The molecule has 0 aliphatic carbocycles. The number of rotatable bonds is 31. The Kier molecular flexibility index (Phi) is 28.1. The molecule has 0 rings (SSSR count). The average molecular weight is 539 g/mol. The number of hydrogen-bond donors (Lipinski definition) is 2. The predicted molar refractivity (Wildman–Crippen MR) is 163 cm³/mol. The van der Waals surface area contributed by atoms with E-state index in [1.54, 1.807) is 0 Å². The van der Waals surface area contributed by atoms with E-state index in [4.69, 9.17) is 10.2 Å². The van der Waals surface area contributed by atoms with Crippen LogP contribution >= 0.6 is 0 Å². The summed E-state index contributed by atoms with van der Waals surface area (Å²) in [5, 5.41) is 17.7. The van der Waals surface area contributed by atoms with E-state index in [2.05, 4.69) is 13.8 Å². The minimum atomic E-state index is -0.663. The Morgan fingerprint density at radius 1 is 0.395 bits per heavy atom. The smallest absolute Gasteiger partial charge is 0.303 e. The molecule has 4 heteroatoms. The Bertz CT molecular complexity index is 473. The third-order valence-corrected chi connectivity index (χ3v) is 8.45. The van der Waals surface area contributed by atoms with Gasteiger partial charge in [-0.3, -0.25) is 9.59 Å². The van der Waals surface area contributed by atoms with E-state index in [1.807, 2.05) is 0 Å². The average Bonchev–Trinajstić information content (AvgIpc) is 2.88. The number of hydrogen-bond acceptors (Lipinski definition) is 2. The van der Waals surface area contributed by atoms with Gasteiger partial charge in [0, 0.05) is 12.8 Å². The molecule has 0 heterocycles. The molecular weight excluding hydrogens is 472 g/mol. The molecule has 0 spiro atoms. The van der Waals surface area contributed by atoms with E-state index in [0.717, 1.165) is 37.5 Å². The fourth-order valence-electron chi connectivity index (χ4n) is 6.03. The summed E-state index contributed by atoms with van der Waals surface area (Å²) >= 11 is 0. The van der Waals surface area contributed by atoms with Crippen LogP contribution in [0, 0.1) is 11.8 Å². The van der Waals surface area contributed by atoms with Gasteiger partial charge in [0.1, 0.15) is 0 Å². The lowest BCUT2D eigenvalue weighted by Crippen LogP contribution is -2.16. The maximum absolute atomic E-state index is 10.8. The Labute approximate surface area is 237 Å². The van der Waals surface area contributed by atoms with Crippen LogP contribution in [0.1, 0.15) is 194 Å². The van der Waals surface area contributed by atoms with Crippen molar-refractivity contribution in [2.75, 3.05) is 0 Å². The molecule has 0 amide bonds. The topological polar surface area (TPSA) is 74.6 Å². The number of carboxylic acid groups (broad SMARTS) is 2. The second kappa shape index (κ2) is 28.9. The quantitative estimate of drug-likeness (QED) is 0.0860. The summed E-state index contributed by atoms with van der Waals surface area (Å²) in [7, 11) is 0. The first kappa shape index (κ1) is 36.9. The van der Waals surface area contributed by atoms with E-state index >= 15 is 0 Å². The summed E-state index contributed by atoms with van der Waals surface area (Å²) in [5.74, 6) is 0.373. The van der Waals surface area contributed by atoms with Crippen LogP contribution in [0.3, 0.4) is 0 Å². The molecule has 0 radical (unpaired) electrons. The molecule has 0 saturated carbocycles. The summed E-state index contributed by atoms with van der Waals surface area (Å²) in [5.41, 5.74) is 0. The molecule has 0 saturated heterocycles. The molecule has 0 aromatic heterocycles. The Morgan fingerprint density at radius 3 is 0.895 bits per heavy atom. The molecule has 0 fully saturated rings. The fourth-order valence-corrected chi connectivity index (χ4v) is 6.03. The highest BCUT2D eigenvalue weighted by molar-refractivity contribution is 5.66. The van der Waals surface area contributed by atoms with Gasteiger partial charge in [0.15, 0.2) is 0 Å². The largest absolute Gasteiger partial charge is 0.481 e. The Balaban J connectivity index is 4.74. The molecule has 0 aromatic carbocycles. The molecule has 0 aliphatic rings. The summed E-state index contributed by atoms with van der Waals surface area (Å²) in [6.45, 7) is 4.58. The minimum Gasteiger partial charge on any atom is -0.481 e. The van der Waals surface area contributed by atoms with Gasteiger partial charge in [0.25, 0.3) is 0 Å². The van der Waals surface area contributed by atoms with Crippen LogP contribution in [0.15, 0.2) is 0 Å². The van der Waals surface area contributed by atoms with Gasteiger partial charge in [0.05, 0.1) is 0 Å². The lowest BCUT2D eigenvalue weighted by molar-refractivity contribution is -0.138. The van der Waals surface area contributed by atoms with Gasteiger partial charge in [-0.15, -0.1) is 0 Å². The van der Waals surface area contributed by atoms with Gasteiger partial charge in [-0.05, 0) is 24.7 Å². The zero-order chi connectivity index (χ0) is 28.1. The fraction of sp³-hybridized carbons (Fsp3) is 0.941. The summed E-state index contributed by atoms with van der Waals surface area (Å²) < 4.78 is 0. The summed E-state index contributed by atoms with van der Waals surface area (Å²) in [6.07, 6.45) is 33.8. The molecular formula is C34H66O4. The van der Waals surface area contributed by atoms with Crippen molar-refractivity contribution in [1.29, 1.82) is 0 Å². The van der Waals surface area contributed by atoms with E-state index < -0.39 is 11.9 Å². The number of aliphatic carboxylic acids is 2. The van der Waals surface area contributed by atoms with Crippen molar-refractivity contribution in [3.8, 4) is 0 Å². The summed E-state index contributed by atoms with van der Waals surface area (Å²) in [6, 6.07) is 0. The number of unbranched alkanes of at least 4 members (excludes halogenated alkanes) is 18. The van der Waals surface area contributed by atoms with Crippen molar-refractivity contribution in [3.05, 3.63) is 0 Å². The molecule has 2 unspecified atom stereocenters. The van der Waals surface area contributed by atoms with Crippen LogP contribution in [-0.2, 0) is 9.59 Å². The van der Waals surface area contributed by atoms with Gasteiger partial charge in [0.2, 0.25) is 0 Å². The zero-order valence-electron chi connectivity index (χ0n) is 25.7. The maximum Gasteiger partial charge on any atom is 0.303 e. The zero-order valence-corrected chi connectivity index (χ0v) is 25.7. The molecule has 2 atom stereocenters. The van der Waals surface area contributed by atoms with Gasteiger partial charge in [-0.2, -0.15) is 0 Å². The van der Waals surface area contributed by atoms with E-state index in [9.17, 15) is 9.59 Å². The monoisotopic (exact) mass is 538 g/mol. The predicted octanol–water partition coefficient (Wildman–Crippen LogP) is 11.4. The van der Waals surface area contributed by atoms with Crippen molar-refractivity contribution in [2.24, 2.45) is 11.8 Å². The van der Waals surface area contributed by atoms with Crippen LogP contribution in [0.2, 0.25) is 0 Å². The Morgan fingerprint density at radius 2 is 0.632 bits per heavy atom. The van der Waals surface area contributed by atoms with Crippen molar-refractivity contribution in [3.63, 3.8) is 0 Å². The second-order valence-electron chi connectivity index (χ2n) is 12.0. The first-order valence-corrected chi connectivity index (χ1v) is 16.9. The lowest BCUT2D eigenvalue weighted by atomic mass is 9.78. The van der Waals surface area contributed by atoms with Crippen molar-refractivity contribution < 1.29 is 19.8 Å². The molecule has 4 nitrogen and oxygen atoms in total. The van der Waals surface area contributed by atoms with Crippen LogP contribution in [0.4, 0.5) is 0 Å². The first-order chi connectivity index (χ1) is 18.5. The van der Waals surface area contributed by atoms with Gasteiger partial charge >= 0.3 is 11.9 Å². The SMILES string of the molecule is CCCCCCCCC(CCCCCCCC(=O)O)C(CCCCCCCC)CCCCCCCC(=O)O. The highest BCUT2D eigenvalue weighted by atomic mass is 16.4. The molecule has 2 N–H and O–H groups in total. The van der Waals surface area contributed by atoms with Gasteiger partial charge in [-0.25, -0.2) is 0 Å². The molecule has 0 aliphatic heterocycles. The first-order valence-electron chi connectivity index (χ1n) is 16.9. The second-order valence-corrected chi connectivity index (χ2v) is 12.0. The lowest BCUT2D eigenvalue weighted by Gasteiger charge is -2.28. The minimum absolute atomic E-state index is 0.317. The van der Waals surface area contributed by atoms with E-state index in [-0.39, 0.29) is 0 Å². The molecule has 0 aromatic rings. The maximum atomic E-state index is 10.8. The van der Waals surface area contributed by atoms with Crippen LogP contribution in [-0.4, -0.2) is 22.2 Å². The molecule has 0 bridgehead atoms. The Hall–Kier alpha value is -1.06. The number of carbonyl (C=O) groups is 2. The van der Waals surface area contributed by atoms with E-state index in [1.165, 1.54) is 141 Å². The number of carboxylic acids is 2. The standard InChI is InChI=1S/C34H66O4/c1-3-5-7-9-13-19-25-31(27-21-15-11-17-23-29-33(35)36)32(26-20-14-10-8-6-4-2)28-22-16-12-18-24-30-34(37)38/h31-32H,3-30H2,1-2H3,(H,35,36)(H,37,38). The van der Waals surface area contributed by atoms with E-state index in [0.29, 0.717) is 12.8 Å². The van der Waals surface area contributed by atoms with Gasteiger partial charge < -0.3 is 10.2 Å². The van der Waals surface area contributed by atoms with Crippen molar-refractivity contribution in [1.82, 2.24) is 0 Å². The third-order valence-electron chi connectivity index (χ3n) is 8.45. The van der Waals surface area contributed by atoms with Gasteiger partial charge in [-0.1, -0.05) is 168 Å². The normalized spacial score (nSPS) is 13.0. The van der Waals surface area contributed by atoms with Crippen molar-refractivity contribution >= 4 is 11.9 Å². The molecule has 226 valence electrons. The summed E-state index contributed by atoms with van der Waals surface area (Å²) in [4.78, 5) is 21.5. The van der Waals surface area contributed by atoms with Crippen LogP contribution < -0.4 is 0 Å². The molecule has 38 heavy (non-hydrogen) atoms. The van der Waals surface area contributed by atoms with Crippen LogP contribution in [0.5, 0.6) is 0 Å². The van der Waals surface area contributed by atoms with Crippen molar-refractivity contribution in [2.45, 2.75) is 194 Å². The van der Waals surface area contributed by atoms with Crippen LogP contribution in [0.25, 0.3) is 0 Å². The highest BCUT2D eigenvalue weighted by Gasteiger charge is 2.20. The highest BCUT2D eigenvalue weighted by Crippen LogP contribution is 2.33. The third kappa shape index (κ3) is 26.5.